The smallest absolute Gasteiger partial charge is 0.0640 e. The molecular formula is C15H15Cl3N2. The standard InChI is InChI=1S/C15H15Cl3N2/c1-9-5-6-10(13(17)7-9)8-14(20-19)11-3-2-4-12(16)15(11)18/h2-7,14,20H,8,19H2,1H3. The fourth-order valence-electron chi connectivity index (χ4n) is 2.09. The number of rotatable bonds is 4. The Morgan fingerprint density at radius 2 is 1.85 bits per heavy atom. The second-order valence-corrected chi connectivity index (χ2v) is 5.85. The fourth-order valence-corrected chi connectivity index (χ4v) is 2.84. The third-order valence-electron chi connectivity index (χ3n) is 3.19. The topological polar surface area (TPSA) is 38.0 Å². The molecule has 2 aromatic carbocycles. The molecule has 2 aromatic rings. The second kappa shape index (κ2) is 6.79. The Kier molecular flexibility index (Phi) is 5.30. The minimum absolute atomic E-state index is 0.151. The van der Waals surface area contributed by atoms with E-state index in [2.05, 4.69) is 5.43 Å². The lowest BCUT2D eigenvalue weighted by Crippen LogP contribution is -2.30. The van der Waals surface area contributed by atoms with E-state index in [1.165, 1.54) is 0 Å². The van der Waals surface area contributed by atoms with E-state index in [9.17, 15) is 0 Å². The van der Waals surface area contributed by atoms with Crippen molar-refractivity contribution in [2.24, 2.45) is 5.84 Å². The van der Waals surface area contributed by atoms with Gasteiger partial charge in [-0.1, -0.05) is 59.1 Å². The van der Waals surface area contributed by atoms with Crippen molar-refractivity contribution < 1.29 is 0 Å². The molecule has 0 fully saturated rings. The summed E-state index contributed by atoms with van der Waals surface area (Å²) in [5.74, 6) is 5.66. The maximum atomic E-state index is 6.26. The van der Waals surface area contributed by atoms with Gasteiger partial charge in [0.25, 0.3) is 0 Å². The van der Waals surface area contributed by atoms with Crippen molar-refractivity contribution in [1.82, 2.24) is 5.43 Å². The van der Waals surface area contributed by atoms with Crippen LogP contribution >= 0.6 is 34.8 Å². The maximum Gasteiger partial charge on any atom is 0.0640 e. The van der Waals surface area contributed by atoms with Crippen molar-refractivity contribution in [2.45, 2.75) is 19.4 Å². The molecule has 0 radical (unpaired) electrons. The number of hydrazine groups is 1. The lowest BCUT2D eigenvalue weighted by molar-refractivity contribution is 0.552. The van der Waals surface area contributed by atoms with Gasteiger partial charge in [-0.05, 0) is 42.2 Å². The fraction of sp³-hybridized carbons (Fsp3) is 0.200. The van der Waals surface area contributed by atoms with Crippen LogP contribution in [0.4, 0.5) is 0 Å². The third kappa shape index (κ3) is 3.46. The summed E-state index contributed by atoms with van der Waals surface area (Å²) >= 11 is 18.5. The number of hydrogen-bond acceptors (Lipinski definition) is 2. The van der Waals surface area contributed by atoms with Crippen LogP contribution in [0.1, 0.15) is 22.7 Å². The predicted molar refractivity (Wildman–Crippen MR) is 86.4 cm³/mol. The van der Waals surface area contributed by atoms with E-state index < -0.39 is 0 Å². The molecular weight excluding hydrogens is 315 g/mol. The summed E-state index contributed by atoms with van der Waals surface area (Å²) in [6.45, 7) is 2.00. The van der Waals surface area contributed by atoms with Crippen LogP contribution < -0.4 is 11.3 Å². The number of hydrogen-bond donors (Lipinski definition) is 2. The van der Waals surface area contributed by atoms with Crippen molar-refractivity contribution in [3.63, 3.8) is 0 Å². The summed E-state index contributed by atoms with van der Waals surface area (Å²) in [6.07, 6.45) is 0.635. The van der Waals surface area contributed by atoms with E-state index in [0.29, 0.717) is 16.5 Å². The van der Waals surface area contributed by atoms with Crippen LogP contribution in [-0.4, -0.2) is 0 Å². The zero-order valence-electron chi connectivity index (χ0n) is 11.0. The average Bonchev–Trinajstić information content (AvgIpc) is 2.42. The molecule has 0 aliphatic rings. The van der Waals surface area contributed by atoms with E-state index in [1.807, 2.05) is 37.3 Å². The summed E-state index contributed by atoms with van der Waals surface area (Å²) in [7, 11) is 0. The highest BCUT2D eigenvalue weighted by atomic mass is 35.5. The first-order chi connectivity index (χ1) is 9.52. The molecule has 106 valence electrons. The van der Waals surface area contributed by atoms with Gasteiger partial charge in [0.05, 0.1) is 16.1 Å². The summed E-state index contributed by atoms with van der Waals surface area (Å²) in [6, 6.07) is 11.3. The molecule has 2 rings (SSSR count). The van der Waals surface area contributed by atoms with Crippen LogP contribution in [0, 0.1) is 6.92 Å². The molecule has 1 unspecified atom stereocenters. The van der Waals surface area contributed by atoms with Gasteiger partial charge in [-0.2, -0.15) is 0 Å². The first-order valence-electron chi connectivity index (χ1n) is 6.18. The Labute approximate surface area is 133 Å². The number of halogens is 3. The molecule has 0 bridgehead atoms. The van der Waals surface area contributed by atoms with Gasteiger partial charge in [0, 0.05) is 5.02 Å². The molecule has 2 nitrogen and oxygen atoms in total. The van der Waals surface area contributed by atoms with Crippen molar-refractivity contribution in [3.05, 3.63) is 68.2 Å². The Morgan fingerprint density at radius 3 is 2.50 bits per heavy atom. The highest BCUT2D eigenvalue weighted by molar-refractivity contribution is 6.42. The Morgan fingerprint density at radius 1 is 1.10 bits per heavy atom. The molecule has 20 heavy (non-hydrogen) atoms. The lowest BCUT2D eigenvalue weighted by atomic mass is 9.98. The zero-order valence-corrected chi connectivity index (χ0v) is 13.2. The number of nitrogens with one attached hydrogen (secondary N) is 1. The molecule has 0 spiro atoms. The average molecular weight is 330 g/mol. The van der Waals surface area contributed by atoms with Crippen LogP contribution in [0.2, 0.25) is 15.1 Å². The monoisotopic (exact) mass is 328 g/mol. The van der Waals surface area contributed by atoms with Gasteiger partial charge in [-0.15, -0.1) is 0 Å². The summed E-state index contributed by atoms with van der Waals surface area (Å²) in [5, 5.41) is 1.75. The summed E-state index contributed by atoms with van der Waals surface area (Å²) < 4.78 is 0. The molecule has 3 N–H and O–H groups in total. The Hall–Kier alpha value is -0.770. The zero-order chi connectivity index (χ0) is 14.7. The Balaban J connectivity index is 2.31. The molecule has 0 amide bonds. The van der Waals surface area contributed by atoms with Crippen molar-refractivity contribution in [2.75, 3.05) is 0 Å². The summed E-state index contributed by atoms with van der Waals surface area (Å²) in [5.41, 5.74) is 5.77. The van der Waals surface area contributed by atoms with Crippen molar-refractivity contribution in [1.29, 1.82) is 0 Å². The quantitative estimate of drug-likeness (QED) is 0.630. The minimum Gasteiger partial charge on any atom is -0.271 e. The maximum absolute atomic E-state index is 6.26. The highest BCUT2D eigenvalue weighted by Crippen LogP contribution is 2.32. The van der Waals surface area contributed by atoms with Crippen LogP contribution in [-0.2, 0) is 6.42 Å². The van der Waals surface area contributed by atoms with E-state index >= 15 is 0 Å². The molecule has 0 heterocycles. The largest absolute Gasteiger partial charge is 0.271 e. The number of benzene rings is 2. The SMILES string of the molecule is Cc1ccc(CC(NN)c2cccc(Cl)c2Cl)c(Cl)c1. The Bertz CT molecular complexity index is 614. The van der Waals surface area contributed by atoms with E-state index in [-0.39, 0.29) is 6.04 Å². The molecule has 0 aromatic heterocycles. The molecule has 0 aliphatic carbocycles. The first-order valence-corrected chi connectivity index (χ1v) is 7.31. The third-order valence-corrected chi connectivity index (χ3v) is 4.38. The molecule has 5 heteroatoms. The van der Waals surface area contributed by atoms with Crippen LogP contribution in [0.25, 0.3) is 0 Å². The number of aryl methyl sites for hydroxylation is 1. The molecule has 0 aliphatic heterocycles. The normalized spacial score (nSPS) is 12.4. The van der Waals surface area contributed by atoms with Gasteiger partial charge < -0.3 is 0 Å². The van der Waals surface area contributed by atoms with E-state index in [1.54, 1.807) is 6.07 Å². The molecule has 0 saturated carbocycles. The van der Waals surface area contributed by atoms with Crippen LogP contribution in [0.5, 0.6) is 0 Å². The van der Waals surface area contributed by atoms with Crippen molar-refractivity contribution in [3.8, 4) is 0 Å². The van der Waals surface area contributed by atoms with Gasteiger partial charge in [0.1, 0.15) is 0 Å². The molecule has 1 atom stereocenters. The second-order valence-electron chi connectivity index (χ2n) is 4.66. The predicted octanol–water partition coefficient (Wildman–Crippen LogP) is 4.70. The minimum atomic E-state index is -0.151. The van der Waals surface area contributed by atoms with Gasteiger partial charge in [0.2, 0.25) is 0 Å². The van der Waals surface area contributed by atoms with Crippen molar-refractivity contribution >= 4 is 34.8 Å². The number of nitrogens with two attached hydrogens (primary N) is 1. The van der Waals surface area contributed by atoms with Crippen LogP contribution in [0.15, 0.2) is 36.4 Å². The van der Waals surface area contributed by atoms with Gasteiger partial charge in [-0.3, -0.25) is 11.3 Å². The van der Waals surface area contributed by atoms with Gasteiger partial charge in [0.15, 0.2) is 0 Å². The lowest BCUT2D eigenvalue weighted by Gasteiger charge is -2.19. The van der Waals surface area contributed by atoms with Gasteiger partial charge in [-0.25, -0.2) is 0 Å². The van der Waals surface area contributed by atoms with Crippen LogP contribution in [0.3, 0.4) is 0 Å². The van der Waals surface area contributed by atoms with Gasteiger partial charge >= 0.3 is 0 Å². The van der Waals surface area contributed by atoms with E-state index in [0.717, 1.165) is 21.7 Å². The summed E-state index contributed by atoms with van der Waals surface area (Å²) in [4.78, 5) is 0. The highest BCUT2D eigenvalue weighted by Gasteiger charge is 2.17. The van der Waals surface area contributed by atoms with E-state index in [4.69, 9.17) is 40.6 Å². The molecule has 0 saturated heterocycles. The first kappa shape index (κ1) is 15.6.